The summed E-state index contributed by atoms with van der Waals surface area (Å²) in [6, 6.07) is 4.45. The van der Waals surface area contributed by atoms with Crippen LogP contribution in [0.5, 0.6) is 0 Å². The molecule has 4 heteroatoms. The van der Waals surface area contributed by atoms with Crippen molar-refractivity contribution in [2.45, 2.75) is 37.5 Å². The van der Waals surface area contributed by atoms with E-state index in [0.717, 1.165) is 12.2 Å². The Kier molecular flexibility index (Phi) is 4.29. The van der Waals surface area contributed by atoms with E-state index in [1.807, 2.05) is 6.26 Å². The fourth-order valence-corrected chi connectivity index (χ4v) is 2.89. The molecular formula is C13H20N2OS. The number of thioether (sulfide) groups is 1. The van der Waals surface area contributed by atoms with E-state index in [9.17, 15) is 5.11 Å². The molecule has 0 spiro atoms. The van der Waals surface area contributed by atoms with Crippen molar-refractivity contribution in [2.24, 2.45) is 0 Å². The third-order valence-electron chi connectivity index (χ3n) is 3.34. The first-order valence-electron chi connectivity index (χ1n) is 6.13. The molecule has 0 amide bonds. The van der Waals surface area contributed by atoms with Crippen LogP contribution in [0.2, 0.25) is 0 Å². The Hall–Kier alpha value is -0.740. The van der Waals surface area contributed by atoms with E-state index < -0.39 is 0 Å². The van der Waals surface area contributed by atoms with E-state index in [1.165, 1.54) is 24.1 Å². The number of nitrogens with zero attached hydrogens (tertiary/aromatic N) is 1. The second-order valence-electron chi connectivity index (χ2n) is 4.55. The van der Waals surface area contributed by atoms with Gasteiger partial charge in [0.25, 0.3) is 0 Å². The Bertz CT molecular complexity index is 380. The Morgan fingerprint density at radius 3 is 3.00 bits per heavy atom. The van der Waals surface area contributed by atoms with E-state index in [4.69, 9.17) is 0 Å². The summed E-state index contributed by atoms with van der Waals surface area (Å²) in [4.78, 5) is 4.64. The molecule has 0 aliphatic heterocycles. The third kappa shape index (κ3) is 2.93. The van der Waals surface area contributed by atoms with Gasteiger partial charge in [-0.3, -0.25) is 0 Å². The van der Waals surface area contributed by atoms with Crippen LogP contribution in [0.25, 0.3) is 0 Å². The molecule has 0 saturated heterocycles. The minimum absolute atomic E-state index is 0.195. The molecule has 2 atom stereocenters. The lowest BCUT2D eigenvalue weighted by atomic mass is 10.2. The molecule has 17 heavy (non-hydrogen) atoms. The topological polar surface area (TPSA) is 45.1 Å². The minimum atomic E-state index is 0.195. The zero-order valence-corrected chi connectivity index (χ0v) is 11.3. The van der Waals surface area contributed by atoms with Crippen molar-refractivity contribution in [1.29, 1.82) is 0 Å². The van der Waals surface area contributed by atoms with Crippen LogP contribution >= 0.6 is 11.8 Å². The maximum Gasteiger partial charge on any atom is 0.126 e. The lowest BCUT2D eigenvalue weighted by Crippen LogP contribution is -2.31. The molecule has 1 aliphatic rings. The number of aromatic nitrogens is 1. The quantitative estimate of drug-likeness (QED) is 0.842. The van der Waals surface area contributed by atoms with Gasteiger partial charge < -0.3 is 10.4 Å². The van der Waals surface area contributed by atoms with Gasteiger partial charge in [0.2, 0.25) is 0 Å². The van der Waals surface area contributed by atoms with Gasteiger partial charge >= 0.3 is 0 Å². The smallest absolute Gasteiger partial charge is 0.126 e. The molecule has 3 nitrogen and oxygen atoms in total. The highest BCUT2D eigenvalue weighted by atomic mass is 32.2. The molecule has 0 aromatic carbocycles. The summed E-state index contributed by atoms with van der Waals surface area (Å²) >= 11 is 1.68. The van der Waals surface area contributed by atoms with Crippen LogP contribution in [0, 0.1) is 0 Å². The summed E-state index contributed by atoms with van der Waals surface area (Å²) in [6.07, 6.45) is 5.52. The third-order valence-corrected chi connectivity index (χ3v) is 4.51. The van der Waals surface area contributed by atoms with Crippen LogP contribution in [0.15, 0.2) is 12.1 Å². The molecule has 1 heterocycles. The molecule has 1 aromatic heterocycles. The van der Waals surface area contributed by atoms with Gasteiger partial charge in [0.15, 0.2) is 0 Å². The summed E-state index contributed by atoms with van der Waals surface area (Å²) in [5, 5.41) is 12.8. The first-order chi connectivity index (χ1) is 8.24. The SMILES string of the molecule is CSC(CO)C(C)Nc1ccc2c(n1)CCC2. The highest BCUT2D eigenvalue weighted by molar-refractivity contribution is 7.99. The largest absolute Gasteiger partial charge is 0.395 e. The Morgan fingerprint density at radius 1 is 1.47 bits per heavy atom. The molecule has 1 aliphatic carbocycles. The molecule has 0 saturated carbocycles. The maximum absolute atomic E-state index is 9.25. The van der Waals surface area contributed by atoms with Gasteiger partial charge in [-0.2, -0.15) is 11.8 Å². The van der Waals surface area contributed by atoms with Crippen LogP contribution in [0.1, 0.15) is 24.6 Å². The molecule has 2 N–H and O–H groups in total. The number of nitrogens with one attached hydrogen (secondary N) is 1. The Balaban J connectivity index is 2.03. The number of anilines is 1. The van der Waals surface area contributed by atoms with E-state index in [-0.39, 0.29) is 17.9 Å². The van der Waals surface area contributed by atoms with Crippen molar-refractivity contribution in [2.75, 3.05) is 18.2 Å². The number of pyridine rings is 1. The molecule has 0 bridgehead atoms. The van der Waals surface area contributed by atoms with Gasteiger partial charge in [-0.25, -0.2) is 4.98 Å². The predicted octanol–water partition coefficient (Wildman–Crippen LogP) is 2.09. The van der Waals surface area contributed by atoms with Crippen molar-refractivity contribution >= 4 is 17.6 Å². The normalized spacial score (nSPS) is 17.6. The summed E-state index contributed by atoms with van der Waals surface area (Å²) < 4.78 is 0. The second kappa shape index (κ2) is 5.74. The fraction of sp³-hybridized carbons (Fsp3) is 0.615. The summed E-state index contributed by atoms with van der Waals surface area (Å²) in [7, 11) is 0. The number of aliphatic hydroxyl groups is 1. The molecule has 1 aromatic rings. The number of hydrogen-bond acceptors (Lipinski definition) is 4. The average molecular weight is 252 g/mol. The van der Waals surface area contributed by atoms with Crippen LogP contribution in [0.4, 0.5) is 5.82 Å². The standard InChI is InChI=1S/C13H20N2OS/c1-9(12(8-16)17-2)14-13-7-6-10-4-3-5-11(10)15-13/h6-7,9,12,16H,3-5,8H2,1-2H3,(H,14,15). The van der Waals surface area contributed by atoms with Gasteiger partial charge in [-0.15, -0.1) is 0 Å². The van der Waals surface area contributed by atoms with Gasteiger partial charge in [-0.05, 0) is 44.1 Å². The van der Waals surface area contributed by atoms with Gasteiger partial charge in [0.1, 0.15) is 5.82 Å². The first-order valence-corrected chi connectivity index (χ1v) is 7.42. The zero-order chi connectivity index (χ0) is 12.3. The molecule has 0 radical (unpaired) electrons. The van der Waals surface area contributed by atoms with Crippen LogP contribution in [0.3, 0.4) is 0 Å². The molecule has 2 unspecified atom stereocenters. The summed E-state index contributed by atoms with van der Waals surface area (Å²) in [6.45, 7) is 2.28. The number of aliphatic hydroxyl groups excluding tert-OH is 1. The Morgan fingerprint density at radius 2 is 2.29 bits per heavy atom. The van der Waals surface area contributed by atoms with Crippen molar-refractivity contribution in [3.05, 3.63) is 23.4 Å². The van der Waals surface area contributed by atoms with Crippen molar-refractivity contribution in [3.8, 4) is 0 Å². The molecular weight excluding hydrogens is 232 g/mol. The van der Waals surface area contributed by atoms with Gasteiger partial charge in [0, 0.05) is 17.0 Å². The second-order valence-corrected chi connectivity index (χ2v) is 5.62. The monoisotopic (exact) mass is 252 g/mol. The minimum Gasteiger partial charge on any atom is -0.395 e. The molecule has 2 rings (SSSR count). The van der Waals surface area contributed by atoms with E-state index in [2.05, 4.69) is 29.4 Å². The zero-order valence-electron chi connectivity index (χ0n) is 10.4. The number of hydrogen-bond donors (Lipinski definition) is 2. The number of aryl methyl sites for hydroxylation is 2. The lowest BCUT2D eigenvalue weighted by molar-refractivity contribution is 0.288. The van der Waals surface area contributed by atoms with Crippen LogP contribution in [-0.2, 0) is 12.8 Å². The highest BCUT2D eigenvalue weighted by Gasteiger charge is 2.17. The van der Waals surface area contributed by atoms with Crippen LogP contribution < -0.4 is 5.32 Å². The Labute approximate surface area is 107 Å². The molecule has 0 fully saturated rings. The van der Waals surface area contributed by atoms with Gasteiger partial charge in [-0.1, -0.05) is 6.07 Å². The van der Waals surface area contributed by atoms with Crippen molar-refractivity contribution < 1.29 is 5.11 Å². The van der Waals surface area contributed by atoms with Crippen LogP contribution in [-0.4, -0.2) is 34.2 Å². The van der Waals surface area contributed by atoms with Crippen molar-refractivity contribution in [1.82, 2.24) is 4.98 Å². The number of fused-ring (bicyclic) bond motifs is 1. The average Bonchev–Trinajstić information content (AvgIpc) is 2.77. The van der Waals surface area contributed by atoms with Gasteiger partial charge in [0.05, 0.1) is 6.61 Å². The maximum atomic E-state index is 9.25. The highest BCUT2D eigenvalue weighted by Crippen LogP contribution is 2.22. The lowest BCUT2D eigenvalue weighted by Gasteiger charge is -2.22. The van der Waals surface area contributed by atoms with Crippen molar-refractivity contribution in [3.63, 3.8) is 0 Å². The summed E-state index contributed by atoms with van der Waals surface area (Å²) in [5.41, 5.74) is 2.64. The number of rotatable bonds is 5. The fourth-order valence-electron chi connectivity index (χ4n) is 2.26. The first kappa shape index (κ1) is 12.7. The van der Waals surface area contributed by atoms with E-state index in [0.29, 0.717) is 0 Å². The van der Waals surface area contributed by atoms with E-state index >= 15 is 0 Å². The van der Waals surface area contributed by atoms with E-state index in [1.54, 1.807) is 11.8 Å². The summed E-state index contributed by atoms with van der Waals surface area (Å²) in [5.74, 6) is 0.936. The predicted molar refractivity (Wildman–Crippen MR) is 73.7 cm³/mol. The molecule has 94 valence electrons.